The molecule has 1 heterocycles. The number of oxazole rings is 1. The molecule has 1 aromatic heterocycles. The summed E-state index contributed by atoms with van der Waals surface area (Å²) in [6.07, 6.45) is 0. The fourth-order valence-corrected chi connectivity index (χ4v) is 2.01. The first kappa shape index (κ1) is 13.9. The van der Waals surface area contributed by atoms with E-state index >= 15 is 0 Å². The maximum atomic E-state index is 12.8. The summed E-state index contributed by atoms with van der Waals surface area (Å²) >= 11 is 0. The van der Waals surface area contributed by atoms with Crippen molar-refractivity contribution in [3.63, 3.8) is 0 Å². The molecule has 22 heavy (non-hydrogen) atoms. The van der Waals surface area contributed by atoms with Crippen molar-refractivity contribution < 1.29 is 18.3 Å². The number of rotatable bonds is 3. The Morgan fingerprint density at radius 1 is 1.23 bits per heavy atom. The summed E-state index contributed by atoms with van der Waals surface area (Å²) in [5.74, 6) is -1.50. The first-order chi connectivity index (χ1) is 10.5. The summed E-state index contributed by atoms with van der Waals surface area (Å²) < 4.78 is 23.9. The van der Waals surface area contributed by atoms with E-state index in [0.717, 1.165) is 4.57 Å². The normalized spacial score (nSPS) is 10.8. The topological polar surface area (TPSA) is 87.5 Å². The quantitative estimate of drug-likeness (QED) is 0.748. The van der Waals surface area contributed by atoms with E-state index in [1.54, 1.807) is 6.07 Å². The molecule has 0 aliphatic carbocycles. The monoisotopic (exact) mass is 302 g/mol. The van der Waals surface area contributed by atoms with Crippen LogP contribution in [0.3, 0.4) is 0 Å². The van der Waals surface area contributed by atoms with Gasteiger partial charge in [0, 0.05) is 11.8 Å². The highest BCUT2D eigenvalue weighted by Gasteiger charge is 2.16. The van der Waals surface area contributed by atoms with Crippen molar-refractivity contribution >= 4 is 22.7 Å². The number of nitrogen functional groups attached to an aromatic ring is 1. The number of carbonyl (C=O) groups excluding carboxylic acids is 1. The van der Waals surface area contributed by atoms with E-state index in [4.69, 9.17) is 14.9 Å². The summed E-state index contributed by atoms with van der Waals surface area (Å²) in [6, 6.07) is 9.73. The number of halogens is 1. The average Bonchev–Trinajstić information content (AvgIpc) is 2.81. The van der Waals surface area contributed by atoms with Crippen molar-refractivity contribution in [2.75, 3.05) is 12.3 Å². The zero-order valence-corrected chi connectivity index (χ0v) is 11.3. The standard InChI is InChI=1S/C15H11FN2O4/c16-9-1-4-11(5-2-9)21-8-14(19)18-12-6-3-10(17)7-13(12)22-15(18)20/h1-7H,8,17H2. The third-order valence-corrected chi connectivity index (χ3v) is 3.03. The smallest absolute Gasteiger partial charge is 0.426 e. The van der Waals surface area contributed by atoms with Crippen LogP contribution in [-0.2, 0) is 0 Å². The Bertz CT molecular complexity index is 896. The summed E-state index contributed by atoms with van der Waals surface area (Å²) in [5, 5.41) is 0. The number of hydrogen-bond acceptors (Lipinski definition) is 5. The van der Waals surface area contributed by atoms with Gasteiger partial charge in [0.05, 0.1) is 5.52 Å². The fraction of sp³-hybridized carbons (Fsp3) is 0.0667. The van der Waals surface area contributed by atoms with Crippen LogP contribution in [0.1, 0.15) is 4.79 Å². The lowest BCUT2D eigenvalue weighted by Crippen LogP contribution is -2.27. The first-order valence-corrected chi connectivity index (χ1v) is 6.37. The van der Waals surface area contributed by atoms with Crippen molar-refractivity contribution in [3.8, 4) is 5.75 Å². The predicted molar refractivity (Wildman–Crippen MR) is 77.4 cm³/mol. The highest BCUT2D eigenvalue weighted by atomic mass is 19.1. The molecule has 3 rings (SSSR count). The molecule has 7 heteroatoms. The number of nitrogens with zero attached hydrogens (tertiary/aromatic N) is 1. The van der Waals surface area contributed by atoms with Gasteiger partial charge in [0.1, 0.15) is 11.6 Å². The van der Waals surface area contributed by atoms with Crippen LogP contribution in [-0.4, -0.2) is 17.1 Å². The van der Waals surface area contributed by atoms with Crippen molar-refractivity contribution in [3.05, 3.63) is 58.8 Å². The average molecular weight is 302 g/mol. The molecule has 0 saturated carbocycles. The van der Waals surface area contributed by atoms with Gasteiger partial charge in [-0.2, -0.15) is 0 Å². The molecule has 2 N–H and O–H groups in total. The maximum Gasteiger partial charge on any atom is 0.426 e. The van der Waals surface area contributed by atoms with E-state index < -0.39 is 17.5 Å². The highest BCUT2D eigenvalue weighted by molar-refractivity contribution is 5.90. The number of ether oxygens (including phenoxy) is 1. The van der Waals surface area contributed by atoms with Gasteiger partial charge in [0.25, 0.3) is 5.91 Å². The Kier molecular flexibility index (Phi) is 3.38. The number of benzene rings is 2. The molecule has 0 aliphatic heterocycles. The lowest BCUT2D eigenvalue weighted by molar-refractivity contribution is 0.0834. The van der Waals surface area contributed by atoms with Crippen LogP contribution >= 0.6 is 0 Å². The van der Waals surface area contributed by atoms with Crippen LogP contribution in [0.4, 0.5) is 10.1 Å². The minimum absolute atomic E-state index is 0.222. The molecule has 0 unspecified atom stereocenters. The van der Waals surface area contributed by atoms with E-state index in [0.29, 0.717) is 17.0 Å². The van der Waals surface area contributed by atoms with E-state index in [1.165, 1.54) is 36.4 Å². The summed E-state index contributed by atoms with van der Waals surface area (Å²) in [7, 11) is 0. The molecule has 0 aliphatic rings. The van der Waals surface area contributed by atoms with Gasteiger partial charge in [0.2, 0.25) is 0 Å². The Balaban J connectivity index is 1.84. The van der Waals surface area contributed by atoms with E-state index in [9.17, 15) is 14.0 Å². The molecule has 112 valence electrons. The molecule has 0 saturated heterocycles. The van der Waals surface area contributed by atoms with Gasteiger partial charge in [-0.05, 0) is 36.4 Å². The number of fused-ring (bicyclic) bond motifs is 1. The predicted octanol–water partition coefficient (Wildman–Crippen LogP) is 2.04. The Morgan fingerprint density at radius 3 is 2.68 bits per heavy atom. The van der Waals surface area contributed by atoms with Crippen molar-refractivity contribution in [2.45, 2.75) is 0 Å². The highest BCUT2D eigenvalue weighted by Crippen LogP contribution is 2.16. The van der Waals surface area contributed by atoms with Gasteiger partial charge in [-0.1, -0.05) is 0 Å². The molecular weight excluding hydrogens is 291 g/mol. The lowest BCUT2D eigenvalue weighted by atomic mass is 10.3. The maximum absolute atomic E-state index is 12.8. The second kappa shape index (κ2) is 5.36. The minimum Gasteiger partial charge on any atom is -0.484 e. The number of anilines is 1. The van der Waals surface area contributed by atoms with Crippen LogP contribution < -0.4 is 16.2 Å². The van der Waals surface area contributed by atoms with Gasteiger partial charge in [-0.3, -0.25) is 4.79 Å². The van der Waals surface area contributed by atoms with Gasteiger partial charge in [-0.25, -0.2) is 13.8 Å². The Morgan fingerprint density at radius 2 is 1.95 bits per heavy atom. The van der Waals surface area contributed by atoms with E-state index in [1.807, 2.05) is 0 Å². The molecule has 0 atom stereocenters. The van der Waals surface area contributed by atoms with Crippen LogP contribution in [0.25, 0.3) is 11.1 Å². The largest absolute Gasteiger partial charge is 0.484 e. The molecule has 0 bridgehead atoms. The van der Waals surface area contributed by atoms with Crippen molar-refractivity contribution in [2.24, 2.45) is 0 Å². The summed E-state index contributed by atoms with van der Waals surface area (Å²) in [5.41, 5.74) is 6.55. The van der Waals surface area contributed by atoms with Crippen LogP contribution in [0.15, 0.2) is 51.7 Å². The fourth-order valence-electron chi connectivity index (χ4n) is 2.01. The number of nitrogens with two attached hydrogens (primary N) is 1. The molecule has 0 amide bonds. The van der Waals surface area contributed by atoms with Crippen LogP contribution in [0.5, 0.6) is 5.75 Å². The number of hydrogen-bond donors (Lipinski definition) is 1. The van der Waals surface area contributed by atoms with Crippen molar-refractivity contribution in [1.29, 1.82) is 0 Å². The van der Waals surface area contributed by atoms with Gasteiger partial charge in [-0.15, -0.1) is 0 Å². The summed E-state index contributed by atoms with van der Waals surface area (Å²) in [4.78, 5) is 23.9. The SMILES string of the molecule is Nc1ccc2c(c1)oc(=O)n2C(=O)COc1ccc(F)cc1. The Labute approximate surface area is 123 Å². The zero-order valence-electron chi connectivity index (χ0n) is 11.3. The second-order valence-electron chi connectivity index (χ2n) is 4.57. The molecular formula is C15H11FN2O4. The van der Waals surface area contributed by atoms with Crippen LogP contribution in [0.2, 0.25) is 0 Å². The molecule has 0 radical (unpaired) electrons. The van der Waals surface area contributed by atoms with E-state index in [2.05, 4.69) is 0 Å². The lowest BCUT2D eigenvalue weighted by Gasteiger charge is -2.05. The second-order valence-corrected chi connectivity index (χ2v) is 4.57. The molecule has 0 spiro atoms. The van der Waals surface area contributed by atoms with Gasteiger partial charge >= 0.3 is 5.76 Å². The zero-order chi connectivity index (χ0) is 15.7. The van der Waals surface area contributed by atoms with Crippen LogP contribution in [0, 0.1) is 5.82 Å². The van der Waals surface area contributed by atoms with Gasteiger partial charge in [0.15, 0.2) is 12.2 Å². The molecule has 3 aromatic rings. The summed E-state index contributed by atoms with van der Waals surface area (Å²) in [6.45, 7) is -0.384. The third-order valence-electron chi connectivity index (χ3n) is 3.03. The number of carbonyl (C=O) groups is 1. The first-order valence-electron chi connectivity index (χ1n) is 6.37. The molecule has 6 nitrogen and oxygen atoms in total. The third kappa shape index (κ3) is 2.56. The molecule has 0 fully saturated rings. The Hall–Kier alpha value is -3.09. The molecule has 2 aromatic carbocycles. The number of aromatic nitrogens is 1. The van der Waals surface area contributed by atoms with Gasteiger partial charge < -0.3 is 14.9 Å². The van der Waals surface area contributed by atoms with E-state index in [-0.39, 0.29) is 12.2 Å². The van der Waals surface area contributed by atoms with Crippen molar-refractivity contribution in [1.82, 2.24) is 4.57 Å². The minimum atomic E-state index is -0.812.